The van der Waals surface area contributed by atoms with Crippen LogP contribution in [-0.4, -0.2) is 28.8 Å². The van der Waals surface area contributed by atoms with E-state index in [2.05, 4.69) is 0 Å². The lowest BCUT2D eigenvalue weighted by Crippen LogP contribution is -2.32. The Hall–Kier alpha value is -0.380. The van der Waals surface area contributed by atoms with Crippen molar-refractivity contribution in [2.75, 3.05) is 18.6 Å². The number of ether oxygens (including phenoxy) is 1. The van der Waals surface area contributed by atoms with Crippen LogP contribution in [0.1, 0.15) is 39.5 Å². The van der Waals surface area contributed by atoms with Gasteiger partial charge in [0, 0.05) is 22.3 Å². The maximum absolute atomic E-state index is 11.9. The van der Waals surface area contributed by atoms with Gasteiger partial charge in [0.05, 0.1) is 12.5 Å². The molecule has 0 aromatic heterocycles. The van der Waals surface area contributed by atoms with Crippen molar-refractivity contribution in [1.29, 1.82) is 0 Å². The molecule has 1 aliphatic rings. The molecule has 0 aromatic carbocycles. The largest absolute Gasteiger partial charge is 0.469 e. The molecule has 0 N–H and O–H groups in total. The Bertz CT molecular complexity index is 267. The monoisotopic (exact) mass is 246 g/mol. The van der Waals surface area contributed by atoms with Gasteiger partial charge in [-0.15, -0.1) is 0 Å². The van der Waals surface area contributed by atoms with Gasteiger partial charge in [-0.1, -0.05) is 12.8 Å². The molecule has 0 aliphatic heterocycles. The topological polar surface area (TPSA) is 43.4 Å². The second-order valence-corrected chi connectivity index (χ2v) is 6.78. The average molecular weight is 246 g/mol. The summed E-state index contributed by atoms with van der Waals surface area (Å²) < 4.78 is 16.7. The van der Waals surface area contributed by atoms with Crippen molar-refractivity contribution < 1.29 is 13.7 Å². The fourth-order valence-electron chi connectivity index (χ4n) is 2.24. The van der Waals surface area contributed by atoms with Crippen LogP contribution in [0.2, 0.25) is 0 Å². The zero-order chi connectivity index (χ0) is 12.2. The van der Waals surface area contributed by atoms with E-state index in [1.807, 2.05) is 0 Å². The second-order valence-electron chi connectivity index (χ2n) is 5.28. The third kappa shape index (κ3) is 3.89. The van der Waals surface area contributed by atoms with Gasteiger partial charge in [-0.2, -0.15) is 0 Å². The average Bonchev–Trinajstić information content (AvgIpc) is 2.67. The highest BCUT2D eigenvalue weighted by atomic mass is 32.2. The Morgan fingerprint density at radius 3 is 2.44 bits per heavy atom. The molecule has 3 nitrogen and oxygen atoms in total. The first-order chi connectivity index (χ1) is 7.45. The van der Waals surface area contributed by atoms with Crippen molar-refractivity contribution in [3.63, 3.8) is 0 Å². The minimum Gasteiger partial charge on any atom is -0.469 e. The molecule has 1 unspecified atom stereocenters. The SMILES string of the molecule is COC(=O)C(C)(C)CS(=O)CC1CCCC1. The first-order valence-corrected chi connectivity index (χ1v) is 7.38. The van der Waals surface area contributed by atoms with E-state index < -0.39 is 16.2 Å². The number of carbonyl (C=O) groups is 1. The maximum Gasteiger partial charge on any atom is 0.312 e. The van der Waals surface area contributed by atoms with Crippen LogP contribution in [-0.2, 0) is 20.3 Å². The van der Waals surface area contributed by atoms with Gasteiger partial charge in [0.1, 0.15) is 0 Å². The standard InChI is InChI=1S/C12H22O3S/c1-12(2,11(13)15-3)9-16(14)8-10-6-4-5-7-10/h10H,4-9H2,1-3H3. The molecule has 94 valence electrons. The van der Waals surface area contributed by atoms with Crippen molar-refractivity contribution >= 4 is 16.8 Å². The van der Waals surface area contributed by atoms with Crippen molar-refractivity contribution in [3.05, 3.63) is 0 Å². The van der Waals surface area contributed by atoms with Gasteiger partial charge in [-0.25, -0.2) is 0 Å². The summed E-state index contributed by atoms with van der Waals surface area (Å²) in [5.74, 6) is 1.50. The Morgan fingerprint density at radius 2 is 1.94 bits per heavy atom. The van der Waals surface area contributed by atoms with Gasteiger partial charge in [0.2, 0.25) is 0 Å². The molecule has 0 spiro atoms. The summed E-state index contributed by atoms with van der Waals surface area (Å²) in [6, 6.07) is 0. The van der Waals surface area contributed by atoms with E-state index in [0.717, 1.165) is 5.75 Å². The smallest absolute Gasteiger partial charge is 0.312 e. The normalized spacial score (nSPS) is 19.7. The molecule has 16 heavy (non-hydrogen) atoms. The van der Waals surface area contributed by atoms with Crippen LogP contribution in [0.5, 0.6) is 0 Å². The van der Waals surface area contributed by atoms with Gasteiger partial charge in [-0.3, -0.25) is 9.00 Å². The fourth-order valence-corrected chi connectivity index (χ4v) is 4.14. The van der Waals surface area contributed by atoms with Gasteiger partial charge >= 0.3 is 5.97 Å². The molecule has 1 aliphatic carbocycles. The molecule has 1 fully saturated rings. The van der Waals surface area contributed by atoms with Gasteiger partial charge in [0.25, 0.3) is 0 Å². The molecule has 0 amide bonds. The summed E-state index contributed by atoms with van der Waals surface area (Å²) in [7, 11) is 0.477. The highest BCUT2D eigenvalue weighted by Crippen LogP contribution is 2.27. The Morgan fingerprint density at radius 1 is 1.38 bits per heavy atom. The zero-order valence-electron chi connectivity index (χ0n) is 10.5. The summed E-state index contributed by atoms with van der Waals surface area (Å²) in [5.41, 5.74) is -0.627. The summed E-state index contributed by atoms with van der Waals surface area (Å²) in [5, 5.41) is 0. The molecular formula is C12H22O3S. The number of hydrogen-bond acceptors (Lipinski definition) is 3. The van der Waals surface area contributed by atoms with Crippen LogP contribution in [0.3, 0.4) is 0 Å². The lowest BCUT2D eigenvalue weighted by atomic mass is 9.97. The van der Waals surface area contributed by atoms with E-state index >= 15 is 0 Å². The Kier molecular flexibility index (Phi) is 4.96. The van der Waals surface area contributed by atoms with Crippen molar-refractivity contribution in [3.8, 4) is 0 Å². The van der Waals surface area contributed by atoms with Crippen LogP contribution in [0.15, 0.2) is 0 Å². The first-order valence-electron chi connectivity index (χ1n) is 5.89. The lowest BCUT2D eigenvalue weighted by molar-refractivity contribution is -0.149. The van der Waals surface area contributed by atoms with E-state index in [1.54, 1.807) is 13.8 Å². The molecule has 0 radical (unpaired) electrons. The number of methoxy groups -OCH3 is 1. The van der Waals surface area contributed by atoms with Crippen molar-refractivity contribution in [1.82, 2.24) is 0 Å². The summed E-state index contributed by atoms with van der Waals surface area (Å²) in [6.45, 7) is 3.59. The van der Waals surface area contributed by atoms with E-state index in [4.69, 9.17) is 4.74 Å². The number of rotatable bonds is 5. The fraction of sp³-hybridized carbons (Fsp3) is 0.917. The van der Waals surface area contributed by atoms with E-state index in [-0.39, 0.29) is 5.97 Å². The van der Waals surface area contributed by atoms with Gasteiger partial charge in [-0.05, 0) is 32.6 Å². The van der Waals surface area contributed by atoms with Crippen molar-refractivity contribution in [2.24, 2.45) is 11.3 Å². The van der Waals surface area contributed by atoms with Crippen molar-refractivity contribution in [2.45, 2.75) is 39.5 Å². The van der Waals surface area contributed by atoms with E-state index in [9.17, 15) is 9.00 Å². The van der Waals surface area contributed by atoms with Crippen LogP contribution < -0.4 is 0 Å². The van der Waals surface area contributed by atoms with E-state index in [1.165, 1.54) is 32.8 Å². The molecule has 0 aromatic rings. The summed E-state index contributed by atoms with van der Waals surface area (Å²) >= 11 is 0. The Balaban J connectivity index is 2.40. The first kappa shape index (κ1) is 13.7. The summed E-state index contributed by atoms with van der Waals surface area (Å²) in [4.78, 5) is 11.4. The highest BCUT2D eigenvalue weighted by molar-refractivity contribution is 7.85. The molecular weight excluding hydrogens is 224 g/mol. The predicted octanol–water partition coefficient (Wildman–Crippen LogP) is 2.12. The minimum absolute atomic E-state index is 0.271. The number of esters is 1. The third-order valence-corrected chi connectivity index (χ3v) is 5.04. The number of hydrogen-bond donors (Lipinski definition) is 0. The minimum atomic E-state index is -0.902. The van der Waals surface area contributed by atoms with Gasteiger partial charge in [0.15, 0.2) is 0 Å². The van der Waals surface area contributed by atoms with Crippen LogP contribution in [0.4, 0.5) is 0 Å². The quantitative estimate of drug-likeness (QED) is 0.698. The highest BCUT2D eigenvalue weighted by Gasteiger charge is 2.31. The van der Waals surface area contributed by atoms with Crippen LogP contribution in [0, 0.1) is 11.3 Å². The molecule has 1 rings (SSSR count). The van der Waals surface area contributed by atoms with Crippen LogP contribution in [0.25, 0.3) is 0 Å². The molecule has 1 atom stereocenters. The summed E-state index contributed by atoms with van der Waals surface area (Å²) in [6.07, 6.45) is 4.93. The van der Waals surface area contributed by atoms with Crippen LogP contribution >= 0.6 is 0 Å². The molecule has 0 bridgehead atoms. The van der Waals surface area contributed by atoms with Gasteiger partial charge < -0.3 is 4.74 Å². The molecule has 4 heteroatoms. The molecule has 1 saturated carbocycles. The zero-order valence-corrected chi connectivity index (χ0v) is 11.3. The maximum atomic E-state index is 11.9. The predicted molar refractivity (Wildman–Crippen MR) is 65.6 cm³/mol. The Labute approximate surface area is 100 Å². The van der Waals surface area contributed by atoms with E-state index in [0.29, 0.717) is 11.7 Å². The molecule has 0 saturated heterocycles. The lowest BCUT2D eigenvalue weighted by Gasteiger charge is -2.21. The molecule has 0 heterocycles. The second kappa shape index (κ2) is 5.80. The number of carbonyl (C=O) groups excluding carboxylic acids is 1. The third-order valence-electron chi connectivity index (χ3n) is 3.16.